The van der Waals surface area contributed by atoms with E-state index in [-0.39, 0.29) is 32.2 Å². The van der Waals surface area contributed by atoms with Gasteiger partial charge in [-0.05, 0) is 55.9 Å². The molecule has 5 N–H and O–H groups in total. The van der Waals surface area contributed by atoms with E-state index in [1.165, 1.54) is 0 Å². The molecule has 0 bridgehead atoms. The molecule has 0 heterocycles. The number of aliphatic hydroxyl groups is 1. The third kappa shape index (κ3) is 14.2. The van der Waals surface area contributed by atoms with Gasteiger partial charge in [-0.25, -0.2) is 14.6 Å². The molecule has 278 valence electrons. The first-order valence-corrected chi connectivity index (χ1v) is 17.0. The summed E-state index contributed by atoms with van der Waals surface area (Å²) in [5, 5.41) is 20.9. The van der Waals surface area contributed by atoms with Crippen LogP contribution in [0.3, 0.4) is 0 Å². The second-order valence-corrected chi connectivity index (χ2v) is 12.4. The van der Waals surface area contributed by atoms with E-state index in [0.717, 1.165) is 11.1 Å². The first-order chi connectivity index (χ1) is 23.8. The largest absolute Gasteiger partial charge is 0.491 e. The van der Waals surface area contributed by atoms with Crippen molar-refractivity contribution in [2.24, 2.45) is 11.8 Å². The maximum Gasteiger partial charge on any atom is 0.409 e. The van der Waals surface area contributed by atoms with Gasteiger partial charge in [0.25, 0.3) is 11.8 Å². The Hall–Kier alpha value is -4.40. The summed E-state index contributed by atoms with van der Waals surface area (Å²) in [5.74, 6) is -1.67. The molecule has 3 atom stereocenters. The minimum Gasteiger partial charge on any atom is -0.491 e. The lowest BCUT2D eigenvalue weighted by Gasteiger charge is -2.35. The molecule has 2 aromatic carbocycles. The second-order valence-electron chi connectivity index (χ2n) is 12.4. The third-order valence-electron chi connectivity index (χ3n) is 7.77. The Morgan fingerprint density at radius 3 is 2.06 bits per heavy atom. The highest BCUT2D eigenvalue weighted by molar-refractivity contribution is 5.88. The first-order valence-electron chi connectivity index (χ1n) is 17.0. The molecule has 0 unspecified atom stereocenters. The third-order valence-corrected chi connectivity index (χ3v) is 7.77. The van der Waals surface area contributed by atoms with Crippen LogP contribution >= 0.6 is 0 Å². The average molecular weight is 702 g/mol. The SMILES string of the molecule is CCOC(=O)N[C@H](C(=O)NN(Cc1ccc(OCCOC)cc1)C[C@H](CCc1ccccc1)NC(=O)[C@@](O)(NC(=O)OCC)C(C)C)C(C)C. The number of amides is 4. The fourth-order valence-corrected chi connectivity index (χ4v) is 4.91. The summed E-state index contributed by atoms with van der Waals surface area (Å²) in [6.45, 7) is 11.4. The number of nitrogens with one attached hydrogen (secondary N) is 4. The number of hydrogen-bond acceptors (Lipinski definition) is 10. The number of aryl methyl sites for hydroxylation is 1. The average Bonchev–Trinajstić information content (AvgIpc) is 3.07. The highest BCUT2D eigenvalue weighted by atomic mass is 16.6. The molecule has 2 aromatic rings. The van der Waals surface area contributed by atoms with Crippen LogP contribution in [0.1, 0.15) is 59.1 Å². The van der Waals surface area contributed by atoms with Gasteiger partial charge in [0.1, 0.15) is 18.4 Å². The van der Waals surface area contributed by atoms with Crippen molar-refractivity contribution in [3.8, 4) is 5.75 Å². The molecule has 0 radical (unpaired) electrons. The van der Waals surface area contributed by atoms with E-state index in [1.807, 2.05) is 54.6 Å². The highest BCUT2D eigenvalue weighted by Gasteiger charge is 2.42. The fraction of sp³-hybridized carbons (Fsp3) is 0.556. The van der Waals surface area contributed by atoms with Gasteiger partial charge in [-0.3, -0.25) is 20.3 Å². The van der Waals surface area contributed by atoms with E-state index >= 15 is 0 Å². The number of hydrogen-bond donors (Lipinski definition) is 5. The zero-order chi connectivity index (χ0) is 37.1. The molecule has 0 fully saturated rings. The number of hydrazine groups is 1. The quantitative estimate of drug-likeness (QED) is 0.0736. The van der Waals surface area contributed by atoms with Crippen LogP contribution in [0.4, 0.5) is 9.59 Å². The molecular weight excluding hydrogens is 646 g/mol. The summed E-state index contributed by atoms with van der Waals surface area (Å²) in [5.41, 5.74) is 2.50. The van der Waals surface area contributed by atoms with Gasteiger partial charge in [0.2, 0.25) is 5.72 Å². The lowest BCUT2D eigenvalue weighted by Crippen LogP contribution is -2.64. The second kappa shape index (κ2) is 21.6. The smallest absolute Gasteiger partial charge is 0.409 e. The zero-order valence-corrected chi connectivity index (χ0v) is 30.3. The van der Waals surface area contributed by atoms with Crippen molar-refractivity contribution in [3.63, 3.8) is 0 Å². The number of carbonyl (C=O) groups is 4. The monoisotopic (exact) mass is 701 g/mol. The summed E-state index contributed by atoms with van der Waals surface area (Å²) in [7, 11) is 1.59. The van der Waals surface area contributed by atoms with E-state index < -0.39 is 47.7 Å². The number of alkyl carbamates (subject to hydrolysis) is 2. The molecular formula is C36H55N5O9. The van der Waals surface area contributed by atoms with Gasteiger partial charge >= 0.3 is 12.2 Å². The van der Waals surface area contributed by atoms with Gasteiger partial charge in [0.05, 0.1) is 19.8 Å². The Morgan fingerprint density at radius 2 is 1.48 bits per heavy atom. The molecule has 14 heteroatoms. The van der Waals surface area contributed by atoms with Gasteiger partial charge in [-0.1, -0.05) is 70.2 Å². The van der Waals surface area contributed by atoms with E-state index in [1.54, 1.807) is 53.7 Å². The predicted molar refractivity (Wildman–Crippen MR) is 188 cm³/mol. The summed E-state index contributed by atoms with van der Waals surface area (Å²) >= 11 is 0. The van der Waals surface area contributed by atoms with E-state index in [0.29, 0.717) is 31.8 Å². The van der Waals surface area contributed by atoms with Gasteiger partial charge < -0.3 is 34.7 Å². The van der Waals surface area contributed by atoms with Crippen LogP contribution in [-0.4, -0.2) is 92.0 Å². The number of methoxy groups -OCH3 is 1. The number of carbonyl (C=O) groups excluding carboxylic acids is 4. The molecule has 0 aliphatic carbocycles. The Bertz CT molecular complexity index is 1330. The van der Waals surface area contributed by atoms with Crippen LogP contribution in [-0.2, 0) is 36.8 Å². The summed E-state index contributed by atoms with van der Waals surface area (Å²) in [6, 6.07) is 15.5. The van der Waals surface area contributed by atoms with Crippen molar-refractivity contribution in [2.45, 2.75) is 78.7 Å². The Morgan fingerprint density at radius 1 is 0.840 bits per heavy atom. The molecule has 14 nitrogen and oxygen atoms in total. The molecule has 0 aliphatic heterocycles. The summed E-state index contributed by atoms with van der Waals surface area (Å²) in [6.07, 6.45) is -0.675. The number of ether oxygens (including phenoxy) is 4. The molecule has 50 heavy (non-hydrogen) atoms. The predicted octanol–water partition coefficient (Wildman–Crippen LogP) is 3.52. The number of benzene rings is 2. The maximum absolute atomic E-state index is 13.7. The minimum atomic E-state index is -2.28. The Balaban J connectivity index is 2.44. The van der Waals surface area contributed by atoms with Crippen LogP contribution in [0, 0.1) is 11.8 Å². The standard InChI is InChI=1S/C36H55N5O9/c1-8-48-34(44)38-31(25(3)4)32(42)40-41(23-28-16-19-30(20-17-28)50-22-21-47-7)24-29(18-15-27-13-11-10-12-14-27)37-33(43)36(46,26(5)6)39-35(45)49-9-2/h10-14,16-17,19-20,25-26,29,31,46H,8-9,15,18,21-24H2,1-7H3,(H,37,43)(H,38,44)(H,39,45)(H,40,42)/t29-,31-,36+/m0/s1. The van der Waals surface area contributed by atoms with Crippen molar-refractivity contribution >= 4 is 24.0 Å². The summed E-state index contributed by atoms with van der Waals surface area (Å²) < 4.78 is 20.7. The molecule has 0 aliphatic rings. The van der Waals surface area contributed by atoms with Crippen LogP contribution in [0.15, 0.2) is 54.6 Å². The molecule has 2 rings (SSSR count). The first kappa shape index (κ1) is 41.8. The molecule has 0 saturated carbocycles. The van der Waals surface area contributed by atoms with E-state index in [2.05, 4.69) is 21.4 Å². The van der Waals surface area contributed by atoms with E-state index in [4.69, 9.17) is 18.9 Å². The van der Waals surface area contributed by atoms with Gasteiger partial charge in [-0.15, -0.1) is 0 Å². The summed E-state index contributed by atoms with van der Waals surface area (Å²) in [4.78, 5) is 52.0. The molecule has 0 spiro atoms. The van der Waals surface area contributed by atoms with E-state index in [9.17, 15) is 24.3 Å². The van der Waals surface area contributed by atoms with Crippen molar-refractivity contribution in [2.75, 3.05) is 40.1 Å². The normalized spacial score (nSPS) is 13.6. The number of nitrogens with zero attached hydrogens (tertiary/aromatic N) is 1. The van der Waals surface area contributed by atoms with Gasteiger partial charge in [0.15, 0.2) is 0 Å². The molecule has 4 amide bonds. The molecule has 0 saturated heterocycles. The van der Waals surface area contributed by atoms with Crippen LogP contribution < -0.4 is 26.1 Å². The van der Waals surface area contributed by atoms with Crippen molar-refractivity contribution < 1.29 is 43.2 Å². The van der Waals surface area contributed by atoms with Crippen LogP contribution in [0.2, 0.25) is 0 Å². The topological polar surface area (TPSA) is 177 Å². The molecule has 0 aromatic heterocycles. The Labute approximate surface area is 295 Å². The zero-order valence-electron chi connectivity index (χ0n) is 30.3. The van der Waals surface area contributed by atoms with Crippen molar-refractivity contribution in [1.29, 1.82) is 0 Å². The Kier molecular flexibility index (Phi) is 18.1. The highest BCUT2D eigenvalue weighted by Crippen LogP contribution is 2.18. The van der Waals surface area contributed by atoms with Gasteiger partial charge in [0, 0.05) is 32.2 Å². The van der Waals surface area contributed by atoms with Crippen LogP contribution in [0.5, 0.6) is 5.75 Å². The van der Waals surface area contributed by atoms with Crippen molar-refractivity contribution in [3.05, 3.63) is 65.7 Å². The number of rotatable bonds is 21. The van der Waals surface area contributed by atoms with Crippen molar-refractivity contribution in [1.82, 2.24) is 26.4 Å². The lowest BCUT2D eigenvalue weighted by atomic mass is 9.97. The van der Waals surface area contributed by atoms with Gasteiger partial charge in [-0.2, -0.15) is 0 Å². The lowest BCUT2D eigenvalue weighted by molar-refractivity contribution is -0.149. The minimum absolute atomic E-state index is 0.0542. The van der Waals surface area contributed by atoms with Crippen LogP contribution in [0.25, 0.3) is 0 Å². The fourth-order valence-electron chi connectivity index (χ4n) is 4.91. The maximum atomic E-state index is 13.7.